The largest absolute Gasteiger partial charge is 0.497 e. The number of hydrogen-bond donors (Lipinski definition) is 0. The van der Waals surface area contributed by atoms with Crippen molar-refractivity contribution >= 4 is 27.0 Å². The van der Waals surface area contributed by atoms with Crippen LogP contribution in [0.3, 0.4) is 0 Å². The Labute approximate surface area is 213 Å². The molecule has 1 aliphatic rings. The maximum Gasteiger partial charge on any atom is 0.416 e. The number of aromatic nitrogens is 1. The predicted molar refractivity (Wildman–Crippen MR) is 132 cm³/mol. The lowest BCUT2D eigenvalue weighted by Crippen LogP contribution is -2.43. The Bertz CT molecular complexity index is 1460. The third kappa shape index (κ3) is 5.14. The lowest BCUT2D eigenvalue weighted by atomic mass is 9.91. The Balaban J connectivity index is 1.83. The SMILES string of the molecule is COc1ccc2c(c1)c1c(n2S(=O)(=O)c2cccc(C(F)(F)F)c2)CCC(N(C)C(=O)OC(C)(C)C)C1. The lowest BCUT2D eigenvalue weighted by molar-refractivity contribution is -0.137. The van der Waals surface area contributed by atoms with E-state index in [2.05, 4.69) is 0 Å². The van der Waals surface area contributed by atoms with Crippen molar-refractivity contribution in [2.24, 2.45) is 0 Å². The number of carbonyl (C=O) groups excluding carboxylic acids is 1. The number of rotatable bonds is 4. The van der Waals surface area contributed by atoms with Crippen LogP contribution in [0.1, 0.15) is 44.0 Å². The molecule has 0 N–H and O–H groups in total. The molecule has 0 aliphatic heterocycles. The molecule has 37 heavy (non-hydrogen) atoms. The van der Waals surface area contributed by atoms with Crippen LogP contribution >= 0.6 is 0 Å². The van der Waals surface area contributed by atoms with Gasteiger partial charge in [-0.2, -0.15) is 13.2 Å². The van der Waals surface area contributed by atoms with E-state index in [1.165, 1.54) is 12.0 Å². The molecular formula is C26H29F3N2O5S. The zero-order valence-corrected chi connectivity index (χ0v) is 22.0. The first-order valence-corrected chi connectivity index (χ1v) is 13.2. The summed E-state index contributed by atoms with van der Waals surface area (Å²) in [7, 11) is -1.24. The van der Waals surface area contributed by atoms with Gasteiger partial charge in [0.15, 0.2) is 0 Å². The summed E-state index contributed by atoms with van der Waals surface area (Å²) in [5, 5.41) is 0.604. The summed E-state index contributed by atoms with van der Waals surface area (Å²) in [5.41, 5.74) is -0.192. The summed E-state index contributed by atoms with van der Waals surface area (Å²) in [4.78, 5) is 13.7. The van der Waals surface area contributed by atoms with Crippen LogP contribution in [-0.4, -0.2) is 49.2 Å². The van der Waals surface area contributed by atoms with Crippen LogP contribution < -0.4 is 4.74 Å². The second-order valence-corrected chi connectivity index (χ2v) is 11.9. The first-order chi connectivity index (χ1) is 17.1. The van der Waals surface area contributed by atoms with Crippen LogP contribution in [0.4, 0.5) is 18.0 Å². The number of amides is 1. The monoisotopic (exact) mass is 538 g/mol. The molecule has 0 saturated heterocycles. The number of halogens is 3. The number of carbonyl (C=O) groups is 1. The van der Waals surface area contributed by atoms with E-state index in [0.717, 1.165) is 22.2 Å². The number of nitrogens with zero attached hydrogens (tertiary/aromatic N) is 2. The van der Waals surface area contributed by atoms with Crippen LogP contribution in [0.25, 0.3) is 10.9 Å². The average Bonchev–Trinajstić information content (AvgIpc) is 3.15. The van der Waals surface area contributed by atoms with Crippen molar-refractivity contribution in [3.05, 3.63) is 59.3 Å². The molecule has 1 amide bonds. The molecule has 0 spiro atoms. The van der Waals surface area contributed by atoms with E-state index in [-0.39, 0.29) is 6.04 Å². The fourth-order valence-electron chi connectivity index (χ4n) is 4.63. The molecule has 0 saturated carbocycles. The molecule has 4 rings (SSSR count). The molecule has 200 valence electrons. The maximum atomic E-state index is 13.8. The van der Waals surface area contributed by atoms with E-state index >= 15 is 0 Å². The van der Waals surface area contributed by atoms with Crippen molar-refractivity contribution in [1.82, 2.24) is 8.87 Å². The van der Waals surface area contributed by atoms with Gasteiger partial charge in [0, 0.05) is 24.2 Å². The van der Waals surface area contributed by atoms with Gasteiger partial charge in [-0.1, -0.05) is 6.07 Å². The Morgan fingerprint density at radius 3 is 2.43 bits per heavy atom. The minimum Gasteiger partial charge on any atom is -0.497 e. The highest BCUT2D eigenvalue weighted by atomic mass is 32.2. The van der Waals surface area contributed by atoms with Gasteiger partial charge in [-0.3, -0.25) is 0 Å². The van der Waals surface area contributed by atoms with Crippen molar-refractivity contribution in [3.8, 4) is 5.75 Å². The van der Waals surface area contributed by atoms with Gasteiger partial charge < -0.3 is 14.4 Å². The average molecular weight is 539 g/mol. The minimum atomic E-state index is -4.68. The normalized spacial score (nSPS) is 16.4. The molecule has 0 radical (unpaired) electrons. The van der Waals surface area contributed by atoms with Gasteiger partial charge in [0.05, 0.1) is 23.1 Å². The van der Waals surface area contributed by atoms with Crippen molar-refractivity contribution in [2.45, 2.75) is 62.7 Å². The smallest absolute Gasteiger partial charge is 0.416 e. The standard InChI is InChI=1S/C26H29F3N2O5S/c1-25(2,3)36-24(32)30(4)17-9-11-22-20(14-17)21-15-18(35-5)10-12-23(21)31(22)37(33,34)19-8-6-7-16(13-19)26(27,28)29/h6-8,10,12-13,15,17H,9,11,14H2,1-5H3. The van der Waals surface area contributed by atoms with Crippen LogP contribution in [0.5, 0.6) is 5.75 Å². The Kier molecular flexibility index (Phi) is 6.72. The zero-order chi connectivity index (χ0) is 27.3. The van der Waals surface area contributed by atoms with Gasteiger partial charge in [0.2, 0.25) is 0 Å². The summed E-state index contributed by atoms with van der Waals surface area (Å²) < 4.78 is 79.5. The van der Waals surface area contributed by atoms with E-state index < -0.39 is 38.4 Å². The quantitative estimate of drug-likeness (QED) is 0.430. The van der Waals surface area contributed by atoms with Gasteiger partial charge in [-0.05, 0) is 82.0 Å². The molecule has 3 aromatic rings. The van der Waals surface area contributed by atoms with E-state index in [9.17, 15) is 26.4 Å². The van der Waals surface area contributed by atoms with Crippen LogP contribution in [0.15, 0.2) is 47.4 Å². The molecule has 1 aliphatic carbocycles. The Morgan fingerprint density at radius 1 is 1.11 bits per heavy atom. The highest BCUT2D eigenvalue weighted by Gasteiger charge is 2.36. The summed E-state index contributed by atoms with van der Waals surface area (Å²) in [6.07, 6.45) is -4.08. The molecule has 1 aromatic heterocycles. The van der Waals surface area contributed by atoms with E-state index in [4.69, 9.17) is 9.47 Å². The molecule has 0 bridgehead atoms. The van der Waals surface area contributed by atoms with E-state index in [0.29, 0.717) is 53.2 Å². The number of likely N-dealkylation sites (N-methyl/N-ethyl adjacent to an activating group) is 1. The van der Waals surface area contributed by atoms with Crippen molar-refractivity contribution in [2.75, 3.05) is 14.2 Å². The Hall–Kier alpha value is -3.21. The van der Waals surface area contributed by atoms with Gasteiger partial charge >= 0.3 is 12.3 Å². The number of alkyl halides is 3. The van der Waals surface area contributed by atoms with Crippen LogP contribution in [-0.2, 0) is 33.8 Å². The predicted octanol–water partition coefficient (Wildman–Crippen LogP) is 5.63. The Morgan fingerprint density at radius 2 is 1.81 bits per heavy atom. The second-order valence-electron chi connectivity index (χ2n) is 10.1. The highest BCUT2D eigenvalue weighted by Crippen LogP contribution is 2.39. The third-order valence-electron chi connectivity index (χ3n) is 6.42. The van der Waals surface area contributed by atoms with Crippen molar-refractivity contribution in [3.63, 3.8) is 0 Å². The molecule has 7 nitrogen and oxygen atoms in total. The third-order valence-corrected chi connectivity index (χ3v) is 8.17. The van der Waals surface area contributed by atoms with Gasteiger partial charge in [0.1, 0.15) is 11.4 Å². The number of hydrogen-bond acceptors (Lipinski definition) is 5. The van der Waals surface area contributed by atoms with Crippen LogP contribution in [0.2, 0.25) is 0 Å². The molecule has 1 unspecified atom stereocenters. The minimum absolute atomic E-state index is 0.260. The lowest BCUT2D eigenvalue weighted by Gasteiger charge is -2.33. The first kappa shape index (κ1) is 26.8. The number of ether oxygens (including phenoxy) is 2. The number of benzene rings is 2. The van der Waals surface area contributed by atoms with Crippen molar-refractivity contribution in [1.29, 1.82) is 0 Å². The van der Waals surface area contributed by atoms with Gasteiger partial charge in [-0.15, -0.1) is 0 Å². The van der Waals surface area contributed by atoms with Gasteiger partial charge in [-0.25, -0.2) is 17.2 Å². The second kappa shape index (κ2) is 9.27. The van der Waals surface area contributed by atoms with Crippen LogP contribution in [0, 0.1) is 0 Å². The first-order valence-electron chi connectivity index (χ1n) is 11.7. The summed E-state index contributed by atoms with van der Waals surface area (Å²) in [6, 6.07) is 8.38. The molecule has 1 atom stereocenters. The molecule has 1 heterocycles. The molecule has 2 aromatic carbocycles. The molecule has 0 fully saturated rings. The maximum absolute atomic E-state index is 13.8. The highest BCUT2D eigenvalue weighted by molar-refractivity contribution is 7.90. The van der Waals surface area contributed by atoms with Gasteiger partial charge in [0.25, 0.3) is 10.0 Å². The zero-order valence-electron chi connectivity index (χ0n) is 21.2. The molecule has 11 heteroatoms. The number of fused-ring (bicyclic) bond motifs is 3. The number of methoxy groups -OCH3 is 1. The topological polar surface area (TPSA) is 77.8 Å². The van der Waals surface area contributed by atoms with Crippen molar-refractivity contribution < 1.29 is 35.9 Å². The summed E-state index contributed by atoms with van der Waals surface area (Å²) >= 11 is 0. The van der Waals surface area contributed by atoms with E-state index in [1.807, 2.05) is 0 Å². The fraction of sp³-hybridized carbons (Fsp3) is 0.423. The van der Waals surface area contributed by atoms with E-state index in [1.54, 1.807) is 46.0 Å². The molecular weight excluding hydrogens is 509 g/mol. The summed E-state index contributed by atoms with van der Waals surface area (Å²) in [6.45, 7) is 5.32. The summed E-state index contributed by atoms with van der Waals surface area (Å²) in [5.74, 6) is 0.506. The fourth-order valence-corrected chi connectivity index (χ4v) is 6.28.